The third-order valence-electron chi connectivity index (χ3n) is 6.33. The number of methoxy groups -OCH3 is 1. The number of hydrogen-bond donors (Lipinski definition) is 1. The Labute approximate surface area is 190 Å². The van der Waals surface area contributed by atoms with Crippen molar-refractivity contribution in [3.8, 4) is 5.88 Å². The lowest BCUT2D eigenvalue weighted by Crippen LogP contribution is -2.50. The predicted octanol–water partition coefficient (Wildman–Crippen LogP) is 2.36. The van der Waals surface area contributed by atoms with E-state index in [1.165, 1.54) is 19.1 Å². The van der Waals surface area contributed by atoms with Gasteiger partial charge >= 0.3 is 0 Å². The fourth-order valence-corrected chi connectivity index (χ4v) is 4.20. The molecule has 1 N–H and O–H groups in total. The monoisotopic (exact) mass is 445 g/mol. The number of hydrogen-bond acceptors (Lipinski definition) is 6. The van der Waals surface area contributed by atoms with Crippen LogP contribution in [0.5, 0.6) is 5.88 Å². The molecule has 8 heteroatoms. The van der Waals surface area contributed by atoms with Crippen LogP contribution in [0, 0.1) is 5.92 Å². The summed E-state index contributed by atoms with van der Waals surface area (Å²) in [6.07, 6.45) is 7.93. The molecule has 176 valence electrons. The van der Waals surface area contributed by atoms with Crippen molar-refractivity contribution in [3.63, 3.8) is 0 Å². The Hall–Kier alpha value is -2.45. The maximum absolute atomic E-state index is 13.5. The van der Waals surface area contributed by atoms with Gasteiger partial charge in [0.25, 0.3) is 5.91 Å². The molecule has 0 spiro atoms. The van der Waals surface area contributed by atoms with Crippen LogP contribution < -0.4 is 4.74 Å². The van der Waals surface area contributed by atoms with Crippen LogP contribution in [0.3, 0.4) is 0 Å². The van der Waals surface area contributed by atoms with Crippen LogP contribution in [0.1, 0.15) is 55.5 Å². The second kappa shape index (κ2) is 10.9. The minimum atomic E-state index is -0.367. The molecular weight excluding hydrogens is 410 g/mol. The molecule has 1 aliphatic heterocycles. The summed E-state index contributed by atoms with van der Waals surface area (Å²) >= 11 is 0. The minimum Gasteiger partial charge on any atom is -0.472 e. The van der Waals surface area contributed by atoms with Gasteiger partial charge in [0, 0.05) is 32.8 Å². The maximum atomic E-state index is 13.5. The van der Waals surface area contributed by atoms with Gasteiger partial charge in [-0.2, -0.15) is 0 Å². The van der Waals surface area contributed by atoms with Crippen molar-refractivity contribution in [1.29, 1.82) is 0 Å². The van der Waals surface area contributed by atoms with Gasteiger partial charge in [0.2, 0.25) is 11.8 Å². The molecule has 0 bridgehead atoms. The molecule has 2 amide bonds. The van der Waals surface area contributed by atoms with Crippen molar-refractivity contribution in [2.24, 2.45) is 5.92 Å². The number of carbonyl (C=O) groups excluding carboxylic acids is 2. The van der Waals surface area contributed by atoms with Gasteiger partial charge in [-0.05, 0) is 49.8 Å². The van der Waals surface area contributed by atoms with E-state index in [2.05, 4.69) is 11.1 Å². The maximum Gasteiger partial charge on any atom is 0.259 e. The van der Waals surface area contributed by atoms with Gasteiger partial charge in [-0.15, -0.1) is 0 Å². The van der Waals surface area contributed by atoms with Crippen molar-refractivity contribution in [1.82, 2.24) is 14.8 Å². The van der Waals surface area contributed by atoms with E-state index in [1.54, 1.807) is 23.0 Å². The molecule has 0 saturated carbocycles. The van der Waals surface area contributed by atoms with Crippen LogP contribution in [0.4, 0.5) is 0 Å². The van der Waals surface area contributed by atoms with Gasteiger partial charge in [-0.25, -0.2) is 4.98 Å². The summed E-state index contributed by atoms with van der Waals surface area (Å²) in [6, 6.07) is 1.52. The molecule has 1 aromatic heterocycles. The Morgan fingerprint density at radius 2 is 2.22 bits per heavy atom. The number of nitrogens with zero attached hydrogens (tertiary/aromatic N) is 3. The Morgan fingerprint density at radius 1 is 1.44 bits per heavy atom. The Balaban J connectivity index is 1.96. The number of aliphatic hydroxyl groups excluding tert-OH is 1. The molecule has 0 saturated heterocycles. The lowest BCUT2D eigenvalue weighted by atomic mass is 9.93. The number of allylic oxidation sites excluding steroid dienone is 2. The molecule has 0 unspecified atom stereocenters. The third-order valence-corrected chi connectivity index (χ3v) is 6.33. The summed E-state index contributed by atoms with van der Waals surface area (Å²) in [6.45, 7) is 4.42. The smallest absolute Gasteiger partial charge is 0.259 e. The van der Waals surface area contributed by atoms with Gasteiger partial charge in [-0.1, -0.05) is 13.0 Å². The zero-order valence-electron chi connectivity index (χ0n) is 19.5. The second-order valence-electron chi connectivity index (χ2n) is 8.88. The molecule has 8 nitrogen and oxygen atoms in total. The van der Waals surface area contributed by atoms with Crippen molar-refractivity contribution in [2.75, 3.05) is 40.5 Å². The van der Waals surface area contributed by atoms with Crippen LogP contribution in [0.2, 0.25) is 0 Å². The van der Waals surface area contributed by atoms with Gasteiger partial charge in [0.15, 0.2) is 0 Å². The van der Waals surface area contributed by atoms with E-state index in [0.29, 0.717) is 18.7 Å². The summed E-state index contributed by atoms with van der Waals surface area (Å²) in [7, 11) is 3.20. The topological polar surface area (TPSA) is 92.2 Å². The number of amides is 2. The van der Waals surface area contributed by atoms with Crippen LogP contribution in [0.15, 0.2) is 18.3 Å². The number of ether oxygens (including phenoxy) is 2. The van der Waals surface area contributed by atoms with E-state index >= 15 is 0 Å². The van der Waals surface area contributed by atoms with Crippen LogP contribution in [0.25, 0.3) is 5.57 Å². The molecule has 1 aliphatic carbocycles. The van der Waals surface area contributed by atoms with Crippen molar-refractivity contribution >= 4 is 17.4 Å². The Kier molecular flexibility index (Phi) is 8.26. The Morgan fingerprint density at radius 3 is 2.88 bits per heavy atom. The molecular formula is C24H35N3O5. The number of aromatic nitrogens is 1. The zero-order chi connectivity index (χ0) is 23.3. The van der Waals surface area contributed by atoms with E-state index in [1.807, 2.05) is 19.9 Å². The van der Waals surface area contributed by atoms with Crippen molar-refractivity contribution in [2.45, 2.75) is 51.7 Å². The number of fused-ring (bicyclic) bond motifs is 1. The summed E-state index contributed by atoms with van der Waals surface area (Å²) in [4.78, 5) is 33.5. The van der Waals surface area contributed by atoms with E-state index in [-0.39, 0.29) is 49.0 Å². The summed E-state index contributed by atoms with van der Waals surface area (Å²) in [5.41, 5.74) is 2.55. The predicted molar refractivity (Wildman–Crippen MR) is 121 cm³/mol. The molecule has 3 atom stereocenters. The molecule has 3 rings (SSSR count). The molecule has 32 heavy (non-hydrogen) atoms. The number of likely N-dealkylation sites (N-methyl/N-ethyl adjacent to an activating group) is 1. The largest absolute Gasteiger partial charge is 0.472 e. The summed E-state index contributed by atoms with van der Waals surface area (Å²) in [5, 5.41) is 9.79. The van der Waals surface area contributed by atoms with Crippen molar-refractivity contribution < 1.29 is 24.2 Å². The first-order valence-electron chi connectivity index (χ1n) is 11.4. The quantitative estimate of drug-likeness (QED) is 0.693. The van der Waals surface area contributed by atoms with E-state index in [9.17, 15) is 14.7 Å². The molecule has 0 aromatic carbocycles. The molecule has 2 heterocycles. The zero-order valence-corrected chi connectivity index (χ0v) is 19.5. The fraction of sp³-hybridized carbons (Fsp3) is 0.625. The van der Waals surface area contributed by atoms with E-state index in [4.69, 9.17) is 9.47 Å². The Bertz CT molecular complexity index is 856. The second-order valence-corrected chi connectivity index (χ2v) is 8.88. The summed E-state index contributed by atoms with van der Waals surface area (Å²) in [5.74, 6) is -0.146. The first-order chi connectivity index (χ1) is 15.3. The lowest BCUT2D eigenvalue weighted by Gasteiger charge is -2.37. The number of pyridine rings is 1. The van der Waals surface area contributed by atoms with Crippen molar-refractivity contribution in [3.05, 3.63) is 29.5 Å². The van der Waals surface area contributed by atoms with Crippen LogP contribution in [-0.4, -0.2) is 84.3 Å². The fourth-order valence-electron chi connectivity index (χ4n) is 4.20. The van der Waals surface area contributed by atoms with Gasteiger partial charge in [-0.3, -0.25) is 9.59 Å². The average molecular weight is 446 g/mol. The average Bonchev–Trinajstić information content (AvgIpc) is 2.81. The normalized spacial score (nSPS) is 22.2. The van der Waals surface area contributed by atoms with Gasteiger partial charge < -0.3 is 24.4 Å². The minimum absolute atomic E-state index is 0.00291. The molecule has 1 aromatic rings. The lowest BCUT2D eigenvalue weighted by molar-refractivity contribution is -0.135. The number of rotatable bonds is 7. The highest BCUT2D eigenvalue weighted by atomic mass is 16.5. The van der Waals surface area contributed by atoms with Crippen LogP contribution >= 0.6 is 0 Å². The van der Waals surface area contributed by atoms with E-state index in [0.717, 1.165) is 24.8 Å². The standard InChI is InChI=1S/C24H35N3O5/c1-16-12-27(17(2)14-28)24(30)20-10-19(18-8-6-5-7-9-18)11-25-23(20)32-21(16)13-26(3)22(29)15-31-4/h8,10-11,16-17,21,28H,5-7,9,12-15H2,1-4H3/t16-,17-,21-/m1/s1. The van der Waals surface area contributed by atoms with Crippen LogP contribution in [-0.2, 0) is 9.53 Å². The first kappa shape index (κ1) is 24.2. The summed E-state index contributed by atoms with van der Waals surface area (Å²) < 4.78 is 11.2. The number of carbonyl (C=O) groups is 2. The highest BCUT2D eigenvalue weighted by Gasteiger charge is 2.34. The SMILES string of the molecule is COCC(=O)N(C)C[C@H]1Oc2ncc(C3=CCCCC3)cc2C(=O)N([C@H](C)CO)C[C@H]1C. The molecule has 2 aliphatic rings. The third kappa shape index (κ3) is 5.48. The highest BCUT2D eigenvalue weighted by molar-refractivity contribution is 5.97. The van der Waals surface area contributed by atoms with Gasteiger partial charge in [0.1, 0.15) is 18.3 Å². The van der Waals surface area contributed by atoms with E-state index < -0.39 is 0 Å². The number of aliphatic hydroxyl groups is 1. The first-order valence-corrected chi connectivity index (χ1v) is 11.4. The van der Waals surface area contributed by atoms with Gasteiger partial charge in [0.05, 0.1) is 19.2 Å². The molecule has 0 radical (unpaired) electrons. The highest BCUT2D eigenvalue weighted by Crippen LogP contribution is 2.32. The molecule has 0 fully saturated rings.